The first-order valence-corrected chi connectivity index (χ1v) is 6.52. The van der Waals surface area contributed by atoms with E-state index in [9.17, 15) is 18.0 Å². The van der Waals surface area contributed by atoms with E-state index in [4.69, 9.17) is 0 Å². The molecule has 0 fully saturated rings. The number of carbonyl (C=O) groups excluding carboxylic acids is 1. The fraction of sp³-hybridized carbons (Fsp3) is 0.500. The lowest BCUT2D eigenvalue weighted by Gasteiger charge is -2.33. The maximum atomic E-state index is 12.1. The molecule has 20 heavy (non-hydrogen) atoms. The number of benzene rings is 1. The van der Waals surface area contributed by atoms with E-state index >= 15 is 0 Å². The van der Waals surface area contributed by atoms with Crippen molar-refractivity contribution in [1.29, 1.82) is 0 Å². The number of halogens is 3. The first-order chi connectivity index (χ1) is 9.37. The van der Waals surface area contributed by atoms with Gasteiger partial charge in [0.25, 0.3) is 0 Å². The summed E-state index contributed by atoms with van der Waals surface area (Å²) in [6.07, 6.45) is -3.41. The third-order valence-electron chi connectivity index (χ3n) is 3.25. The molecule has 1 unspecified atom stereocenters. The smallest absolute Gasteiger partial charge is 0.311 e. The third kappa shape index (κ3) is 3.72. The number of para-hydroxylation sites is 1. The van der Waals surface area contributed by atoms with Crippen LogP contribution in [-0.2, 0) is 11.2 Å². The zero-order valence-corrected chi connectivity index (χ0v) is 11.2. The van der Waals surface area contributed by atoms with E-state index in [2.05, 4.69) is 5.32 Å². The molecular formula is C14H17F3N2O. The van der Waals surface area contributed by atoms with Gasteiger partial charge in [-0.15, -0.1) is 0 Å². The second-order valence-electron chi connectivity index (χ2n) is 5.16. The molecule has 1 N–H and O–H groups in total. The maximum Gasteiger partial charge on any atom is 0.401 e. The molecule has 3 nitrogen and oxygen atoms in total. The fourth-order valence-electron chi connectivity index (χ4n) is 2.44. The van der Waals surface area contributed by atoms with Gasteiger partial charge in [0.15, 0.2) is 0 Å². The Kier molecular flexibility index (Phi) is 4.32. The number of nitrogens with zero attached hydrogens (tertiary/aromatic N) is 1. The van der Waals surface area contributed by atoms with Crippen molar-refractivity contribution >= 4 is 11.6 Å². The standard InChI is InChI=1S/C14H17F3N2O/c1-10-6-11-4-2-3-5-12(11)19(8-10)13(20)7-18-9-14(15,16)17/h2-5,10,18H,6-9H2,1H3. The van der Waals surface area contributed by atoms with Crippen LogP contribution in [0.4, 0.5) is 18.9 Å². The summed E-state index contributed by atoms with van der Waals surface area (Å²) in [5, 5.41) is 2.15. The summed E-state index contributed by atoms with van der Waals surface area (Å²) in [5.41, 5.74) is 1.87. The van der Waals surface area contributed by atoms with Crippen molar-refractivity contribution in [3.05, 3.63) is 29.8 Å². The number of nitrogens with one attached hydrogen (secondary N) is 1. The van der Waals surface area contributed by atoms with Gasteiger partial charge in [0.2, 0.25) is 5.91 Å². The summed E-state index contributed by atoms with van der Waals surface area (Å²) in [6, 6.07) is 7.52. The van der Waals surface area contributed by atoms with Gasteiger partial charge < -0.3 is 10.2 Å². The van der Waals surface area contributed by atoms with Crippen LogP contribution in [-0.4, -0.2) is 31.7 Å². The van der Waals surface area contributed by atoms with Crippen LogP contribution in [0.25, 0.3) is 0 Å². The summed E-state index contributed by atoms with van der Waals surface area (Å²) in [6.45, 7) is 1.12. The molecule has 1 aromatic rings. The highest BCUT2D eigenvalue weighted by Gasteiger charge is 2.29. The van der Waals surface area contributed by atoms with Crippen LogP contribution in [0.1, 0.15) is 12.5 Å². The summed E-state index contributed by atoms with van der Waals surface area (Å²) >= 11 is 0. The van der Waals surface area contributed by atoms with Crippen LogP contribution in [0.3, 0.4) is 0 Å². The summed E-state index contributed by atoms with van der Waals surface area (Å²) in [5.74, 6) is -0.0234. The van der Waals surface area contributed by atoms with Gasteiger partial charge in [0.05, 0.1) is 13.1 Å². The van der Waals surface area contributed by atoms with Crippen LogP contribution >= 0.6 is 0 Å². The average Bonchev–Trinajstić information content (AvgIpc) is 2.36. The van der Waals surface area contributed by atoms with E-state index in [1.807, 2.05) is 31.2 Å². The molecule has 0 saturated carbocycles. The minimum Gasteiger partial charge on any atom is -0.311 e. The Morgan fingerprint density at radius 3 is 2.80 bits per heavy atom. The highest BCUT2D eigenvalue weighted by atomic mass is 19.4. The van der Waals surface area contributed by atoms with Crippen molar-refractivity contribution in [2.24, 2.45) is 5.92 Å². The molecule has 1 aromatic carbocycles. The minimum atomic E-state index is -4.30. The predicted molar refractivity (Wildman–Crippen MR) is 70.6 cm³/mol. The van der Waals surface area contributed by atoms with Crippen LogP contribution < -0.4 is 10.2 Å². The lowest BCUT2D eigenvalue weighted by Crippen LogP contribution is -2.45. The number of carbonyl (C=O) groups is 1. The average molecular weight is 286 g/mol. The Hall–Kier alpha value is -1.56. The van der Waals surface area contributed by atoms with Gasteiger partial charge in [-0.1, -0.05) is 25.1 Å². The number of hydrogen-bond acceptors (Lipinski definition) is 2. The third-order valence-corrected chi connectivity index (χ3v) is 3.25. The van der Waals surface area contributed by atoms with Crippen molar-refractivity contribution in [2.75, 3.05) is 24.5 Å². The number of hydrogen-bond donors (Lipinski definition) is 1. The van der Waals surface area contributed by atoms with Crippen molar-refractivity contribution < 1.29 is 18.0 Å². The van der Waals surface area contributed by atoms with Gasteiger partial charge in [-0.05, 0) is 24.0 Å². The molecule has 110 valence electrons. The highest BCUT2D eigenvalue weighted by molar-refractivity contribution is 5.96. The first-order valence-electron chi connectivity index (χ1n) is 6.52. The van der Waals surface area contributed by atoms with Gasteiger partial charge >= 0.3 is 6.18 Å². The van der Waals surface area contributed by atoms with Crippen LogP contribution in [0.15, 0.2) is 24.3 Å². The van der Waals surface area contributed by atoms with Crippen LogP contribution in [0, 0.1) is 5.92 Å². The summed E-state index contributed by atoms with van der Waals surface area (Å²) < 4.78 is 36.2. The first kappa shape index (κ1) is 14.8. The van der Waals surface area contributed by atoms with Crippen LogP contribution in [0.5, 0.6) is 0 Å². The van der Waals surface area contributed by atoms with E-state index in [1.165, 1.54) is 0 Å². The van der Waals surface area contributed by atoms with Crippen molar-refractivity contribution in [2.45, 2.75) is 19.5 Å². The van der Waals surface area contributed by atoms with Crippen molar-refractivity contribution in [1.82, 2.24) is 5.32 Å². The quantitative estimate of drug-likeness (QED) is 0.925. The molecular weight excluding hydrogens is 269 g/mol. The second kappa shape index (κ2) is 5.83. The molecule has 1 amide bonds. The van der Waals surface area contributed by atoms with Gasteiger partial charge in [0, 0.05) is 12.2 Å². The minimum absolute atomic E-state index is 0.302. The molecule has 0 spiro atoms. The number of alkyl halides is 3. The SMILES string of the molecule is CC1Cc2ccccc2N(C(=O)CNCC(F)(F)F)C1. The summed E-state index contributed by atoms with van der Waals surface area (Å²) in [4.78, 5) is 13.7. The molecule has 1 heterocycles. The van der Waals surface area contributed by atoms with E-state index in [-0.39, 0.29) is 12.5 Å². The second-order valence-corrected chi connectivity index (χ2v) is 5.16. The lowest BCUT2D eigenvalue weighted by atomic mass is 9.94. The molecule has 0 aromatic heterocycles. The molecule has 2 rings (SSSR count). The lowest BCUT2D eigenvalue weighted by molar-refractivity contribution is -0.127. The topological polar surface area (TPSA) is 32.3 Å². The molecule has 0 bridgehead atoms. The van der Waals surface area contributed by atoms with Crippen molar-refractivity contribution in [3.63, 3.8) is 0 Å². The van der Waals surface area contributed by atoms with Gasteiger partial charge in [-0.2, -0.15) is 13.2 Å². The zero-order valence-electron chi connectivity index (χ0n) is 11.2. The zero-order chi connectivity index (χ0) is 14.8. The van der Waals surface area contributed by atoms with Crippen molar-refractivity contribution in [3.8, 4) is 0 Å². The maximum absolute atomic E-state index is 12.1. The molecule has 1 atom stereocenters. The van der Waals surface area contributed by atoms with E-state index in [0.29, 0.717) is 12.5 Å². The molecule has 1 aliphatic heterocycles. The van der Waals surface area contributed by atoms with E-state index in [0.717, 1.165) is 17.7 Å². The molecule has 0 radical (unpaired) electrons. The van der Waals surface area contributed by atoms with Crippen LogP contribution in [0.2, 0.25) is 0 Å². The normalized spacial score (nSPS) is 18.8. The Balaban J connectivity index is 2.03. The summed E-state index contributed by atoms with van der Waals surface area (Å²) in [7, 11) is 0. The van der Waals surface area contributed by atoms with Gasteiger partial charge in [0.1, 0.15) is 0 Å². The predicted octanol–water partition coefficient (Wildman–Crippen LogP) is 2.36. The Bertz CT molecular complexity index is 488. The van der Waals surface area contributed by atoms with Gasteiger partial charge in [-0.3, -0.25) is 4.79 Å². The largest absolute Gasteiger partial charge is 0.401 e. The number of fused-ring (bicyclic) bond motifs is 1. The highest BCUT2D eigenvalue weighted by Crippen LogP contribution is 2.29. The van der Waals surface area contributed by atoms with E-state index < -0.39 is 12.7 Å². The molecule has 0 saturated heterocycles. The molecule has 1 aliphatic rings. The Morgan fingerprint density at radius 2 is 2.10 bits per heavy atom. The van der Waals surface area contributed by atoms with Gasteiger partial charge in [-0.25, -0.2) is 0 Å². The monoisotopic (exact) mass is 286 g/mol. The number of anilines is 1. The fourth-order valence-corrected chi connectivity index (χ4v) is 2.44. The Labute approximate surface area is 115 Å². The van der Waals surface area contributed by atoms with E-state index in [1.54, 1.807) is 4.90 Å². The Morgan fingerprint density at radius 1 is 1.40 bits per heavy atom. The molecule has 0 aliphatic carbocycles. The number of rotatable bonds is 3. The number of amides is 1. The molecule has 6 heteroatoms.